The highest BCUT2D eigenvalue weighted by atomic mass is 16.7. The Balaban J connectivity index is 1.62. The molecule has 2 heterocycles. The van der Waals surface area contributed by atoms with E-state index in [-0.39, 0.29) is 19.1 Å². The number of aliphatic hydroxyl groups is 8. The molecule has 2 aliphatic heterocycles. The van der Waals surface area contributed by atoms with Crippen molar-refractivity contribution in [3.05, 3.63) is 12.2 Å². The molecule has 3 aliphatic rings. The van der Waals surface area contributed by atoms with Gasteiger partial charge in [-0.15, -0.1) is 0 Å². The van der Waals surface area contributed by atoms with E-state index in [4.69, 9.17) is 18.9 Å². The molecule has 1 aliphatic carbocycles. The maximum Gasteiger partial charge on any atom is 0.187 e. The van der Waals surface area contributed by atoms with E-state index >= 15 is 0 Å². The fraction of sp³-hybridized carbons (Fsp3) is 0.917. The first kappa shape index (κ1) is 29.8. The smallest absolute Gasteiger partial charge is 0.187 e. The normalized spacial score (nSPS) is 48.4. The molecule has 0 radical (unpaired) electrons. The minimum Gasteiger partial charge on any atom is -0.393 e. The van der Waals surface area contributed by atoms with E-state index in [9.17, 15) is 40.9 Å². The summed E-state index contributed by atoms with van der Waals surface area (Å²) >= 11 is 0. The van der Waals surface area contributed by atoms with E-state index in [0.717, 1.165) is 0 Å². The monoisotopic (exact) mass is 522 g/mol. The first-order valence-electron chi connectivity index (χ1n) is 12.3. The largest absolute Gasteiger partial charge is 0.393 e. The summed E-state index contributed by atoms with van der Waals surface area (Å²) in [6, 6.07) is 0. The van der Waals surface area contributed by atoms with Crippen LogP contribution < -0.4 is 0 Å². The summed E-state index contributed by atoms with van der Waals surface area (Å²) in [4.78, 5) is 0. The molecule has 2 saturated heterocycles. The Morgan fingerprint density at radius 2 is 1.69 bits per heavy atom. The molecule has 12 nitrogen and oxygen atoms in total. The first-order chi connectivity index (χ1) is 16.6. The van der Waals surface area contributed by atoms with Crippen molar-refractivity contribution in [3.8, 4) is 0 Å². The molecule has 0 aromatic carbocycles. The van der Waals surface area contributed by atoms with Gasteiger partial charge in [0.15, 0.2) is 12.6 Å². The van der Waals surface area contributed by atoms with Gasteiger partial charge in [0.25, 0.3) is 0 Å². The number of aliphatic hydroxyl groups excluding tert-OH is 6. The third-order valence-electron chi connectivity index (χ3n) is 7.85. The number of hydrogen-bond acceptors (Lipinski definition) is 12. The minimum absolute atomic E-state index is 0.216. The van der Waals surface area contributed by atoms with Crippen molar-refractivity contribution in [1.82, 2.24) is 0 Å². The Hall–Kier alpha value is -0.740. The standard InChI is InChI=1S/C24H42O12/c1-12-7-14(26)8-22(3,4)24(12,32)6-5-13(2)35-20-18(29)17(28)16(27)15(36-20)9-33-21-19(30)23(31,10-25)11-34-21/h5-6,12-21,25-32H,7-11H2,1-4H3. The van der Waals surface area contributed by atoms with Crippen molar-refractivity contribution in [2.75, 3.05) is 19.8 Å². The number of ether oxygens (including phenoxy) is 4. The van der Waals surface area contributed by atoms with Crippen LogP contribution in [0.1, 0.15) is 40.5 Å². The van der Waals surface area contributed by atoms with Gasteiger partial charge in [-0.3, -0.25) is 0 Å². The summed E-state index contributed by atoms with van der Waals surface area (Å²) < 4.78 is 21.9. The third kappa shape index (κ3) is 5.80. The predicted octanol–water partition coefficient (Wildman–Crippen LogP) is -2.24. The highest BCUT2D eigenvalue weighted by Gasteiger charge is 2.52. The number of hydrogen-bond donors (Lipinski definition) is 8. The van der Waals surface area contributed by atoms with Crippen molar-refractivity contribution in [2.45, 2.75) is 107 Å². The summed E-state index contributed by atoms with van der Waals surface area (Å²) in [6.45, 7) is 5.80. The van der Waals surface area contributed by atoms with E-state index in [1.807, 2.05) is 20.8 Å². The summed E-state index contributed by atoms with van der Waals surface area (Å²) in [5.41, 5.74) is -3.69. The van der Waals surface area contributed by atoms with Crippen LogP contribution >= 0.6 is 0 Å². The Kier molecular flexibility index (Phi) is 9.25. The zero-order valence-corrected chi connectivity index (χ0v) is 21.2. The molecule has 3 rings (SSSR count). The van der Waals surface area contributed by atoms with Gasteiger partial charge in [-0.1, -0.05) is 32.9 Å². The van der Waals surface area contributed by atoms with Crippen molar-refractivity contribution in [1.29, 1.82) is 0 Å². The van der Waals surface area contributed by atoms with E-state index in [1.54, 1.807) is 19.1 Å². The molecule has 1 saturated carbocycles. The van der Waals surface area contributed by atoms with Crippen molar-refractivity contribution >= 4 is 0 Å². The van der Waals surface area contributed by atoms with Gasteiger partial charge in [0.1, 0.15) is 36.1 Å². The molecular weight excluding hydrogens is 480 g/mol. The molecule has 36 heavy (non-hydrogen) atoms. The maximum absolute atomic E-state index is 11.4. The Bertz CT molecular complexity index is 763. The maximum atomic E-state index is 11.4. The average molecular weight is 523 g/mol. The lowest BCUT2D eigenvalue weighted by molar-refractivity contribution is -0.314. The van der Waals surface area contributed by atoms with Gasteiger partial charge >= 0.3 is 0 Å². The van der Waals surface area contributed by atoms with Crippen LogP contribution in [0.4, 0.5) is 0 Å². The lowest BCUT2D eigenvalue weighted by Crippen LogP contribution is -2.60. The fourth-order valence-corrected chi connectivity index (χ4v) is 5.31. The van der Waals surface area contributed by atoms with Crippen LogP contribution in [0.25, 0.3) is 0 Å². The van der Waals surface area contributed by atoms with Gasteiger partial charge in [-0.25, -0.2) is 0 Å². The van der Waals surface area contributed by atoms with Gasteiger partial charge < -0.3 is 59.8 Å². The van der Waals surface area contributed by atoms with E-state index in [1.165, 1.54) is 0 Å². The molecule has 0 bridgehead atoms. The van der Waals surface area contributed by atoms with E-state index < -0.39 is 78.5 Å². The first-order valence-corrected chi connectivity index (χ1v) is 12.3. The van der Waals surface area contributed by atoms with Crippen molar-refractivity contribution in [3.63, 3.8) is 0 Å². The molecule has 12 unspecified atom stereocenters. The Morgan fingerprint density at radius 3 is 2.28 bits per heavy atom. The van der Waals surface area contributed by atoms with E-state index in [2.05, 4.69) is 0 Å². The number of rotatable bonds is 8. The lowest BCUT2D eigenvalue weighted by atomic mass is 9.60. The third-order valence-corrected chi connectivity index (χ3v) is 7.85. The minimum atomic E-state index is -1.88. The molecule has 0 spiro atoms. The summed E-state index contributed by atoms with van der Waals surface area (Å²) in [7, 11) is 0. The topological polar surface area (TPSA) is 199 Å². The SMILES string of the molecule is CC(C=CC1(O)C(C)CC(O)CC1(C)C)OC1OC(COC2OCC(O)(CO)C2O)C(O)C(O)C1O. The second-order valence-electron chi connectivity index (χ2n) is 11.1. The van der Waals surface area contributed by atoms with Gasteiger partial charge in [-0.2, -0.15) is 0 Å². The Morgan fingerprint density at radius 1 is 1.03 bits per heavy atom. The van der Waals surface area contributed by atoms with Crippen LogP contribution in [0.5, 0.6) is 0 Å². The summed E-state index contributed by atoms with van der Waals surface area (Å²) in [6.07, 6.45) is -7.17. The van der Waals surface area contributed by atoms with Gasteiger partial charge in [-0.05, 0) is 31.1 Å². The molecule has 0 amide bonds. The molecular formula is C24H42O12. The van der Waals surface area contributed by atoms with Crippen LogP contribution in [0, 0.1) is 11.3 Å². The van der Waals surface area contributed by atoms with Crippen LogP contribution in [0.2, 0.25) is 0 Å². The summed E-state index contributed by atoms with van der Waals surface area (Å²) in [5.74, 6) is -0.216. The van der Waals surface area contributed by atoms with Crippen molar-refractivity contribution < 1.29 is 59.8 Å². The molecule has 0 aromatic heterocycles. The predicted molar refractivity (Wildman–Crippen MR) is 123 cm³/mol. The molecule has 12 heteroatoms. The molecule has 12 atom stereocenters. The molecule has 3 fully saturated rings. The van der Waals surface area contributed by atoms with Crippen LogP contribution in [-0.4, -0.2) is 127 Å². The second kappa shape index (κ2) is 11.2. The zero-order valence-electron chi connectivity index (χ0n) is 21.2. The van der Waals surface area contributed by atoms with Gasteiger partial charge in [0.05, 0.1) is 37.6 Å². The zero-order chi connectivity index (χ0) is 27.1. The quantitative estimate of drug-likeness (QED) is 0.160. The van der Waals surface area contributed by atoms with Gasteiger partial charge in [0.2, 0.25) is 0 Å². The second-order valence-corrected chi connectivity index (χ2v) is 11.1. The molecule has 0 aromatic rings. The highest BCUT2D eigenvalue weighted by Crippen LogP contribution is 2.48. The van der Waals surface area contributed by atoms with Crippen LogP contribution in [0.15, 0.2) is 12.2 Å². The van der Waals surface area contributed by atoms with Gasteiger partial charge in [0, 0.05) is 0 Å². The van der Waals surface area contributed by atoms with Crippen LogP contribution in [-0.2, 0) is 18.9 Å². The van der Waals surface area contributed by atoms with Crippen LogP contribution in [0.3, 0.4) is 0 Å². The lowest BCUT2D eigenvalue weighted by Gasteiger charge is -2.50. The highest BCUT2D eigenvalue weighted by molar-refractivity contribution is 5.15. The molecule has 8 N–H and O–H groups in total. The molecule has 210 valence electrons. The fourth-order valence-electron chi connectivity index (χ4n) is 5.31. The van der Waals surface area contributed by atoms with E-state index in [0.29, 0.717) is 12.8 Å². The Labute approximate surface area is 210 Å². The average Bonchev–Trinajstić information content (AvgIpc) is 3.09. The van der Waals surface area contributed by atoms with Crippen molar-refractivity contribution in [2.24, 2.45) is 11.3 Å². The summed E-state index contributed by atoms with van der Waals surface area (Å²) in [5, 5.41) is 81.9.